The van der Waals surface area contributed by atoms with Crippen LogP contribution in [0.25, 0.3) is 10.8 Å². The van der Waals surface area contributed by atoms with Gasteiger partial charge in [0, 0.05) is 17.6 Å². The van der Waals surface area contributed by atoms with Crippen molar-refractivity contribution in [3.05, 3.63) is 48.0 Å². The normalized spacial score (nSPS) is 10.9. The Bertz CT molecular complexity index is 570. The topological polar surface area (TPSA) is 55.1 Å². The van der Waals surface area contributed by atoms with Gasteiger partial charge in [-0.2, -0.15) is 0 Å². The van der Waals surface area contributed by atoms with Gasteiger partial charge >= 0.3 is 0 Å². The zero-order valence-electron chi connectivity index (χ0n) is 11.1. The van der Waals surface area contributed by atoms with Gasteiger partial charge in [0.15, 0.2) is 0 Å². The molecule has 3 N–H and O–H groups in total. The van der Waals surface area contributed by atoms with Crippen LogP contribution in [0.5, 0.6) is 0 Å². The van der Waals surface area contributed by atoms with E-state index in [2.05, 4.69) is 5.32 Å². The van der Waals surface area contributed by atoms with Gasteiger partial charge in [0.2, 0.25) is 0 Å². The van der Waals surface area contributed by atoms with Gasteiger partial charge in [-0.3, -0.25) is 4.79 Å². The molecular weight excluding hydrogens is 260 g/mol. The molecule has 0 heterocycles. The van der Waals surface area contributed by atoms with Crippen LogP contribution in [0.15, 0.2) is 42.5 Å². The maximum Gasteiger partial charge on any atom is 0.251 e. The van der Waals surface area contributed by atoms with Crippen molar-refractivity contribution in [1.82, 2.24) is 5.32 Å². The van der Waals surface area contributed by atoms with E-state index >= 15 is 0 Å². The highest BCUT2D eigenvalue weighted by atomic mass is 35.5. The van der Waals surface area contributed by atoms with Crippen molar-refractivity contribution < 1.29 is 4.79 Å². The van der Waals surface area contributed by atoms with Gasteiger partial charge in [-0.05, 0) is 30.7 Å². The number of fused-ring (bicyclic) bond motifs is 1. The van der Waals surface area contributed by atoms with Crippen LogP contribution in [0.3, 0.4) is 0 Å². The van der Waals surface area contributed by atoms with E-state index in [0.29, 0.717) is 12.1 Å². The Labute approximate surface area is 119 Å². The Morgan fingerprint density at radius 1 is 1.16 bits per heavy atom. The van der Waals surface area contributed by atoms with Gasteiger partial charge in [0.1, 0.15) is 0 Å². The summed E-state index contributed by atoms with van der Waals surface area (Å²) in [5.41, 5.74) is 6.15. The lowest BCUT2D eigenvalue weighted by atomic mass is 10.0. The van der Waals surface area contributed by atoms with E-state index in [9.17, 15) is 4.79 Å². The molecule has 0 spiro atoms. The highest BCUT2D eigenvalue weighted by Gasteiger charge is 2.14. The molecule has 0 atom stereocenters. The first-order valence-electron chi connectivity index (χ1n) is 6.02. The standard InChI is InChI=1S/C15H18N2O.ClH/c1-15(2,16)10-17-14(18)13-9-5-7-11-6-3-4-8-12(11)13;/h3-9H,10,16H2,1-2H3,(H,17,18);1H. The molecule has 0 bridgehead atoms. The zero-order chi connectivity index (χ0) is 13.2. The van der Waals surface area contributed by atoms with Crippen molar-refractivity contribution in [2.24, 2.45) is 5.73 Å². The van der Waals surface area contributed by atoms with Crippen LogP contribution < -0.4 is 11.1 Å². The molecule has 1 amide bonds. The summed E-state index contributed by atoms with van der Waals surface area (Å²) in [6.45, 7) is 4.22. The average Bonchev–Trinajstić information content (AvgIpc) is 2.34. The molecule has 0 aliphatic carbocycles. The van der Waals surface area contributed by atoms with Crippen LogP contribution in [-0.2, 0) is 0 Å². The van der Waals surface area contributed by atoms with E-state index in [1.807, 2.05) is 56.3 Å². The fraction of sp³-hybridized carbons (Fsp3) is 0.267. The minimum Gasteiger partial charge on any atom is -0.350 e. The summed E-state index contributed by atoms with van der Waals surface area (Å²) in [7, 11) is 0. The van der Waals surface area contributed by atoms with Crippen molar-refractivity contribution in [3.8, 4) is 0 Å². The molecule has 4 heteroatoms. The van der Waals surface area contributed by atoms with E-state index in [0.717, 1.165) is 10.8 Å². The second-order valence-corrected chi connectivity index (χ2v) is 5.20. The van der Waals surface area contributed by atoms with Crippen molar-refractivity contribution in [1.29, 1.82) is 0 Å². The monoisotopic (exact) mass is 278 g/mol. The van der Waals surface area contributed by atoms with E-state index < -0.39 is 5.54 Å². The van der Waals surface area contributed by atoms with Crippen molar-refractivity contribution >= 4 is 29.1 Å². The Hall–Kier alpha value is -1.58. The fourth-order valence-electron chi connectivity index (χ4n) is 1.83. The van der Waals surface area contributed by atoms with Gasteiger partial charge in [0.25, 0.3) is 5.91 Å². The largest absolute Gasteiger partial charge is 0.350 e. The number of rotatable bonds is 3. The molecule has 0 fully saturated rings. The number of amides is 1. The van der Waals surface area contributed by atoms with Crippen LogP contribution in [0.1, 0.15) is 24.2 Å². The maximum absolute atomic E-state index is 12.1. The third kappa shape index (κ3) is 3.94. The molecule has 0 aliphatic heterocycles. The summed E-state index contributed by atoms with van der Waals surface area (Å²) in [5.74, 6) is -0.0784. The predicted molar refractivity (Wildman–Crippen MR) is 81.8 cm³/mol. The summed E-state index contributed by atoms with van der Waals surface area (Å²) in [5, 5.41) is 4.90. The highest BCUT2D eigenvalue weighted by Crippen LogP contribution is 2.18. The number of nitrogens with one attached hydrogen (secondary N) is 1. The fourth-order valence-corrected chi connectivity index (χ4v) is 1.83. The quantitative estimate of drug-likeness (QED) is 0.907. The van der Waals surface area contributed by atoms with Crippen LogP contribution in [0, 0.1) is 0 Å². The lowest BCUT2D eigenvalue weighted by Gasteiger charge is -2.19. The van der Waals surface area contributed by atoms with E-state index in [1.54, 1.807) is 0 Å². The van der Waals surface area contributed by atoms with E-state index in [4.69, 9.17) is 5.73 Å². The Balaban J connectivity index is 0.00000180. The Morgan fingerprint density at radius 3 is 2.47 bits per heavy atom. The lowest BCUT2D eigenvalue weighted by molar-refractivity contribution is 0.0947. The number of nitrogens with two attached hydrogens (primary N) is 1. The molecule has 0 aliphatic rings. The molecule has 0 saturated carbocycles. The number of halogens is 1. The molecule has 0 saturated heterocycles. The van der Waals surface area contributed by atoms with Crippen LogP contribution >= 0.6 is 12.4 Å². The predicted octanol–water partition coefficient (Wildman–Crippen LogP) is 2.73. The number of carbonyl (C=O) groups is 1. The minimum atomic E-state index is -0.403. The van der Waals surface area contributed by atoms with E-state index in [1.165, 1.54) is 0 Å². The SMILES string of the molecule is CC(C)(N)CNC(=O)c1cccc2ccccc12.Cl. The van der Waals surface area contributed by atoms with Gasteiger partial charge in [-0.15, -0.1) is 12.4 Å². The third-order valence-corrected chi connectivity index (χ3v) is 2.74. The highest BCUT2D eigenvalue weighted by molar-refractivity contribution is 6.07. The average molecular weight is 279 g/mol. The molecule has 3 nitrogen and oxygen atoms in total. The van der Waals surface area contributed by atoms with Gasteiger partial charge < -0.3 is 11.1 Å². The van der Waals surface area contributed by atoms with Crippen molar-refractivity contribution in [2.75, 3.05) is 6.54 Å². The smallest absolute Gasteiger partial charge is 0.251 e. The molecule has 0 radical (unpaired) electrons. The number of carbonyl (C=O) groups excluding carboxylic acids is 1. The van der Waals surface area contributed by atoms with Crippen molar-refractivity contribution in [2.45, 2.75) is 19.4 Å². The molecule has 0 aromatic heterocycles. The molecule has 2 rings (SSSR count). The molecule has 0 unspecified atom stereocenters. The van der Waals surface area contributed by atoms with Crippen LogP contribution in [0.4, 0.5) is 0 Å². The Morgan fingerprint density at radius 2 is 1.79 bits per heavy atom. The van der Waals surface area contributed by atoms with Crippen LogP contribution in [0.2, 0.25) is 0 Å². The van der Waals surface area contributed by atoms with Gasteiger partial charge in [-0.1, -0.05) is 36.4 Å². The van der Waals surface area contributed by atoms with Crippen LogP contribution in [-0.4, -0.2) is 18.0 Å². The Kier molecular flexibility index (Phi) is 4.92. The maximum atomic E-state index is 12.1. The van der Waals surface area contributed by atoms with E-state index in [-0.39, 0.29) is 18.3 Å². The third-order valence-electron chi connectivity index (χ3n) is 2.74. The van der Waals surface area contributed by atoms with Crippen molar-refractivity contribution in [3.63, 3.8) is 0 Å². The summed E-state index contributed by atoms with van der Waals surface area (Å²) < 4.78 is 0. The first kappa shape index (κ1) is 15.5. The van der Waals surface area contributed by atoms with Gasteiger partial charge in [0.05, 0.1) is 0 Å². The zero-order valence-corrected chi connectivity index (χ0v) is 12.0. The first-order valence-corrected chi connectivity index (χ1v) is 6.02. The molecular formula is C15H19ClN2O. The molecule has 2 aromatic carbocycles. The second-order valence-electron chi connectivity index (χ2n) is 5.20. The summed E-state index contributed by atoms with van der Waals surface area (Å²) in [6.07, 6.45) is 0. The number of hydrogen-bond donors (Lipinski definition) is 2. The second kappa shape index (κ2) is 6.04. The molecule has 19 heavy (non-hydrogen) atoms. The first-order chi connectivity index (χ1) is 8.47. The lowest BCUT2D eigenvalue weighted by Crippen LogP contribution is -2.45. The summed E-state index contributed by atoms with van der Waals surface area (Å²) >= 11 is 0. The molecule has 2 aromatic rings. The summed E-state index contributed by atoms with van der Waals surface area (Å²) in [6, 6.07) is 13.6. The number of benzene rings is 2. The summed E-state index contributed by atoms with van der Waals surface area (Å²) in [4.78, 5) is 12.1. The minimum absolute atomic E-state index is 0. The number of hydrogen-bond acceptors (Lipinski definition) is 2. The van der Waals surface area contributed by atoms with Gasteiger partial charge in [-0.25, -0.2) is 0 Å². The molecule has 102 valence electrons.